The molecule has 0 radical (unpaired) electrons. The molecule has 16 rings (SSSR count). The van der Waals surface area contributed by atoms with Crippen LogP contribution in [-0.2, 0) is 10.8 Å². The van der Waals surface area contributed by atoms with Crippen LogP contribution >= 0.6 is 0 Å². The summed E-state index contributed by atoms with van der Waals surface area (Å²) in [5.41, 5.74) is 26.9. The van der Waals surface area contributed by atoms with E-state index in [1.165, 1.54) is 77.9 Å². The maximum absolute atomic E-state index is 6.75. The zero-order chi connectivity index (χ0) is 50.0. The number of para-hydroxylation sites is 4. The summed E-state index contributed by atoms with van der Waals surface area (Å²) in [5.74, 6) is 1.77. The van der Waals surface area contributed by atoms with E-state index in [1.807, 2.05) is 0 Å². The second-order valence-electron chi connectivity index (χ2n) is 20.6. The van der Waals surface area contributed by atoms with Crippen LogP contribution in [0.2, 0.25) is 0 Å². The number of anilines is 3. The summed E-state index contributed by atoms with van der Waals surface area (Å²) in [5, 5.41) is 0. The zero-order valence-electron chi connectivity index (χ0n) is 41.5. The van der Waals surface area contributed by atoms with Crippen molar-refractivity contribution >= 4 is 17.1 Å². The number of ether oxygens (including phenoxy) is 1. The van der Waals surface area contributed by atoms with Crippen molar-refractivity contribution in [3.8, 4) is 78.3 Å². The molecule has 0 amide bonds. The van der Waals surface area contributed by atoms with Gasteiger partial charge in [-0.15, -0.1) is 0 Å². The summed E-state index contributed by atoms with van der Waals surface area (Å²) in [6, 6.07) is 106. The molecule has 0 bridgehead atoms. The van der Waals surface area contributed by atoms with E-state index in [4.69, 9.17) is 4.74 Å². The third-order valence-electron chi connectivity index (χ3n) is 17.0. The van der Waals surface area contributed by atoms with Gasteiger partial charge >= 0.3 is 0 Å². The number of rotatable bonds is 6. The Balaban J connectivity index is 0.947. The quantitative estimate of drug-likeness (QED) is 0.165. The first-order valence-corrected chi connectivity index (χ1v) is 26.4. The molecular weight excluding hydrogens is 919 g/mol. The minimum absolute atomic E-state index is 0.507. The van der Waals surface area contributed by atoms with Crippen LogP contribution in [0, 0.1) is 0 Å². The second-order valence-corrected chi connectivity index (χ2v) is 20.6. The van der Waals surface area contributed by atoms with Gasteiger partial charge in [-0.3, -0.25) is 0 Å². The van der Waals surface area contributed by atoms with Gasteiger partial charge in [0, 0.05) is 27.9 Å². The van der Waals surface area contributed by atoms with Crippen molar-refractivity contribution in [1.82, 2.24) is 0 Å². The van der Waals surface area contributed by atoms with E-state index in [0.717, 1.165) is 61.9 Å². The van der Waals surface area contributed by atoms with Gasteiger partial charge in [-0.25, -0.2) is 0 Å². The molecule has 4 aliphatic rings. The molecule has 12 aromatic rings. The Bertz CT molecular complexity index is 4230. The Kier molecular flexibility index (Phi) is 9.20. The van der Waals surface area contributed by atoms with Crippen LogP contribution in [0.15, 0.2) is 285 Å². The minimum Gasteiger partial charge on any atom is -0.457 e. The number of hydrogen-bond acceptors (Lipinski definition) is 2. The van der Waals surface area contributed by atoms with Crippen LogP contribution in [0.25, 0.3) is 66.8 Å². The van der Waals surface area contributed by atoms with Crippen molar-refractivity contribution in [2.45, 2.75) is 10.8 Å². The van der Waals surface area contributed by atoms with Gasteiger partial charge in [-0.1, -0.05) is 243 Å². The molecule has 354 valence electrons. The molecule has 0 saturated carbocycles. The van der Waals surface area contributed by atoms with Crippen molar-refractivity contribution in [3.63, 3.8) is 0 Å². The molecule has 3 aliphatic carbocycles. The second kappa shape index (κ2) is 16.4. The number of fused-ring (bicyclic) bond motifs is 19. The normalized spacial score (nSPS) is 13.8. The summed E-state index contributed by atoms with van der Waals surface area (Å²) >= 11 is 0. The van der Waals surface area contributed by atoms with Gasteiger partial charge in [0.2, 0.25) is 0 Å². The van der Waals surface area contributed by atoms with Crippen molar-refractivity contribution in [3.05, 3.63) is 330 Å². The molecule has 2 spiro atoms. The van der Waals surface area contributed by atoms with Crippen LogP contribution in [-0.4, -0.2) is 0 Å². The number of benzene rings is 12. The van der Waals surface area contributed by atoms with Gasteiger partial charge in [0.15, 0.2) is 0 Å². The van der Waals surface area contributed by atoms with E-state index in [9.17, 15) is 0 Å². The highest BCUT2D eigenvalue weighted by Gasteiger charge is 2.53. The predicted octanol–water partition coefficient (Wildman–Crippen LogP) is 19.0. The molecule has 1 heterocycles. The molecule has 12 aromatic carbocycles. The fraction of sp³-hybridized carbons (Fsp3) is 0.0270. The van der Waals surface area contributed by atoms with Crippen LogP contribution < -0.4 is 9.64 Å². The lowest BCUT2D eigenvalue weighted by molar-refractivity contribution is 0.436. The standard InChI is InChI=1S/C74H47NO/c1-2-20-48(21-3-1)49-38-40-50(41-39-49)53-22-8-16-34-69(53)75(52-43-45-60-58-27-6-12-30-63(58)73(68(60)47-52)61-28-10-4-24-55(61)56-25-5-11-29-62(56)73)70-35-17-9-23-54(70)51-42-44-59-57-26-7-13-31-64(57)74(67(59)46-51)65-32-14-18-36-71(65)76-72-37-19-15-33-66(72)74/h1-47H. The van der Waals surface area contributed by atoms with Gasteiger partial charge in [-0.05, 0) is 131 Å². The molecule has 0 atom stereocenters. The molecule has 0 saturated heterocycles. The summed E-state index contributed by atoms with van der Waals surface area (Å²) in [4.78, 5) is 2.54. The largest absolute Gasteiger partial charge is 0.457 e. The van der Waals surface area contributed by atoms with Crippen LogP contribution in [0.3, 0.4) is 0 Å². The minimum atomic E-state index is -0.600. The summed E-state index contributed by atoms with van der Waals surface area (Å²) < 4.78 is 6.75. The highest BCUT2D eigenvalue weighted by molar-refractivity contribution is 6.00. The van der Waals surface area contributed by atoms with Gasteiger partial charge in [0.05, 0.1) is 22.2 Å². The Labute approximate surface area is 443 Å². The van der Waals surface area contributed by atoms with E-state index < -0.39 is 10.8 Å². The molecule has 1 aliphatic heterocycles. The van der Waals surface area contributed by atoms with E-state index in [0.29, 0.717) is 0 Å². The average Bonchev–Trinajstić information content (AvgIpc) is 4.28. The first kappa shape index (κ1) is 42.7. The lowest BCUT2D eigenvalue weighted by Crippen LogP contribution is -2.32. The molecule has 2 nitrogen and oxygen atoms in total. The summed E-state index contributed by atoms with van der Waals surface area (Å²) in [6.07, 6.45) is 0. The third kappa shape index (κ3) is 5.81. The Morgan fingerprint density at radius 1 is 0.224 bits per heavy atom. The van der Waals surface area contributed by atoms with Gasteiger partial charge in [-0.2, -0.15) is 0 Å². The van der Waals surface area contributed by atoms with E-state index >= 15 is 0 Å². The van der Waals surface area contributed by atoms with Crippen LogP contribution in [0.5, 0.6) is 11.5 Å². The van der Waals surface area contributed by atoms with Crippen molar-refractivity contribution in [1.29, 1.82) is 0 Å². The lowest BCUT2D eigenvalue weighted by Gasteiger charge is -2.39. The van der Waals surface area contributed by atoms with E-state index in [1.54, 1.807) is 0 Å². The fourth-order valence-electron chi connectivity index (χ4n) is 13.9. The highest BCUT2D eigenvalue weighted by Crippen LogP contribution is 2.65. The molecule has 2 heteroatoms. The van der Waals surface area contributed by atoms with Crippen LogP contribution in [0.1, 0.15) is 44.5 Å². The Morgan fingerprint density at radius 2 is 0.566 bits per heavy atom. The topological polar surface area (TPSA) is 12.5 Å². The average molecular weight is 966 g/mol. The molecule has 0 aromatic heterocycles. The molecule has 76 heavy (non-hydrogen) atoms. The number of hydrogen-bond donors (Lipinski definition) is 0. The molecular formula is C74H47NO. The molecule has 0 unspecified atom stereocenters. The van der Waals surface area contributed by atoms with Crippen molar-refractivity contribution < 1.29 is 4.74 Å². The van der Waals surface area contributed by atoms with E-state index in [2.05, 4.69) is 290 Å². The van der Waals surface area contributed by atoms with Crippen molar-refractivity contribution in [2.24, 2.45) is 0 Å². The fourth-order valence-corrected chi connectivity index (χ4v) is 13.9. The smallest absolute Gasteiger partial charge is 0.132 e. The number of nitrogens with zero attached hydrogens (tertiary/aromatic N) is 1. The third-order valence-corrected chi connectivity index (χ3v) is 17.0. The van der Waals surface area contributed by atoms with Gasteiger partial charge in [0.1, 0.15) is 11.5 Å². The maximum Gasteiger partial charge on any atom is 0.132 e. The van der Waals surface area contributed by atoms with Gasteiger partial charge in [0.25, 0.3) is 0 Å². The van der Waals surface area contributed by atoms with Crippen molar-refractivity contribution in [2.75, 3.05) is 4.90 Å². The first-order valence-electron chi connectivity index (χ1n) is 26.4. The Hall–Kier alpha value is -9.76. The molecule has 0 fully saturated rings. The summed E-state index contributed by atoms with van der Waals surface area (Å²) in [7, 11) is 0. The highest BCUT2D eigenvalue weighted by atomic mass is 16.5. The summed E-state index contributed by atoms with van der Waals surface area (Å²) in [6.45, 7) is 0. The molecule has 0 N–H and O–H groups in total. The maximum atomic E-state index is 6.75. The monoisotopic (exact) mass is 965 g/mol. The van der Waals surface area contributed by atoms with E-state index in [-0.39, 0.29) is 0 Å². The lowest BCUT2D eigenvalue weighted by atomic mass is 9.66. The predicted molar refractivity (Wildman–Crippen MR) is 311 cm³/mol. The van der Waals surface area contributed by atoms with Gasteiger partial charge < -0.3 is 9.64 Å². The Morgan fingerprint density at radius 3 is 1.09 bits per heavy atom. The SMILES string of the molecule is c1ccc(-c2ccc(-c3ccccc3N(c3ccc4c(c3)C3(c5ccccc5-c5ccccc53)c3ccccc3-4)c3ccccc3-c3ccc4c(c3)C3(c5ccccc5Oc5ccccc53)c3ccccc3-4)cc2)cc1. The zero-order valence-corrected chi connectivity index (χ0v) is 41.5. The first-order chi connectivity index (χ1) is 37.7. The van der Waals surface area contributed by atoms with Crippen LogP contribution in [0.4, 0.5) is 17.1 Å².